The highest BCUT2D eigenvalue weighted by Crippen LogP contribution is 2.38. The van der Waals surface area contributed by atoms with Crippen LogP contribution in [-0.4, -0.2) is 40.4 Å². The van der Waals surface area contributed by atoms with E-state index in [9.17, 15) is 2.74 Å². The smallest absolute Gasteiger partial charge is 0.201 e. The van der Waals surface area contributed by atoms with Crippen molar-refractivity contribution >= 4 is 66.3 Å². The van der Waals surface area contributed by atoms with Crippen molar-refractivity contribution in [2.45, 2.75) is 255 Å². The summed E-state index contributed by atoms with van der Waals surface area (Å²) in [5, 5.41) is 7.29. The number of hydrogen-bond donors (Lipinski definition) is 0. The molecule has 4 aromatic heterocycles. The molecule has 0 saturated heterocycles. The van der Waals surface area contributed by atoms with Gasteiger partial charge in [0.1, 0.15) is 28.2 Å². The third kappa shape index (κ3) is 26.1. The highest BCUT2D eigenvalue weighted by molar-refractivity contribution is 6.91. The minimum atomic E-state index is -2.42. The van der Waals surface area contributed by atoms with Gasteiger partial charge in [-0.2, -0.15) is 0 Å². The predicted octanol–water partition coefficient (Wildman–Crippen LogP) is 26.6. The Morgan fingerprint density at radius 2 is 0.537 bits per heavy atom. The first-order valence-electron chi connectivity index (χ1n) is 49.9. The average molecular weight is 1740 g/mol. The van der Waals surface area contributed by atoms with E-state index in [2.05, 4.69) is 313 Å². The zero-order chi connectivity index (χ0) is 101. The lowest BCUT2D eigenvalue weighted by molar-refractivity contribution is -0.661. The molecule has 0 spiro atoms. The van der Waals surface area contributed by atoms with Gasteiger partial charge in [-0.05, 0) is 203 Å². The van der Waals surface area contributed by atoms with Gasteiger partial charge in [-0.3, -0.25) is 0 Å². The van der Waals surface area contributed by atoms with Crippen LogP contribution in [0.2, 0.25) is 98.2 Å². The van der Waals surface area contributed by atoms with Crippen LogP contribution in [0.3, 0.4) is 0 Å². The Bertz CT molecular complexity index is 6260. The molecule has 123 heavy (non-hydrogen) atoms. The standard InChI is InChI=1S/C32H46NSi.2C28H38NSi.C26H36NSi2/c1-23-17-30(34(9,10)11)28(24-15-13-12-14-16-24)19-27(23)29-18-25(20-31(2,3)4)26(22-33(29)8)21-32(5,6)7;1-20-15-27(30(7,8)9)25(22-13-11-10-12-14-22)17-24(20)26-16-23(18-28(3,4)5)21(2)19-29(26)6;1-20-15-26(29(6)19-23(20)18-28(3,4)5)24-17-25(22-13-11-10-12-14-22)27(16-21(24)2)30(7,8)9;1-19-10-12-21(13-11-19)24-17-23(20(2)16-26(24)29(7,8)9)25-15-14-22(18-27(25)3)28(4,5)6/h12-19,22H,20-21H2,1-11H3;2*10-17,19H,18H2,1-9H3;10-18H,1-9H3/q4*+1/i20D2,21D2;2D3,18D2;18D2;. The molecule has 650 valence electrons. The third-order valence-electron chi connectivity index (χ3n) is 22.5. The molecule has 0 radical (unpaired) electrons. The van der Waals surface area contributed by atoms with Crippen LogP contribution in [-0.2, 0) is 53.7 Å². The summed E-state index contributed by atoms with van der Waals surface area (Å²) in [6.45, 7) is 69.0. The molecule has 4 heterocycles. The van der Waals surface area contributed by atoms with Crippen molar-refractivity contribution in [1.82, 2.24) is 0 Å². The molecule has 8 aromatic carbocycles. The van der Waals surface area contributed by atoms with Gasteiger partial charge in [0.05, 0.1) is 40.4 Å². The van der Waals surface area contributed by atoms with Gasteiger partial charge in [0.2, 0.25) is 22.8 Å². The van der Waals surface area contributed by atoms with Crippen LogP contribution in [0.25, 0.3) is 89.5 Å². The zero-order valence-electron chi connectivity index (χ0n) is 93.6. The van der Waals surface area contributed by atoms with Crippen molar-refractivity contribution in [2.24, 2.45) is 49.9 Å². The predicted molar refractivity (Wildman–Crippen MR) is 555 cm³/mol. The Labute approximate surface area is 769 Å². The van der Waals surface area contributed by atoms with Crippen LogP contribution in [0.4, 0.5) is 0 Å². The van der Waals surface area contributed by atoms with Crippen molar-refractivity contribution in [3.05, 3.63) is 280 Å². The first kappa shape index (κ1) is 82.7. The van der Waals surface area contributed by atoms with Crippen LogP contribution >= 0.6 is 0 Å². The fourth-order valence-electron chi connectivity index (χ4n) is 16.2. The molecule has 0 fully saturated rings. The zero-order valence-corrected chi connectivity index (χ0v) is 87.6. The molecule has 0 aliphatic carbocycles. The lowest BCUT2D eigenvalue weighted by Gasteiger charge is -2.25. The van der Waals surface area contributed by atoms with E-state index in [1.807, 2.05) is 163 Å². The van der Waals surface area contributed by atoms with Crippen LogP contribution in [0.5, 0.6) is 0 Å². The molecule has 9 heteroatoms. The second-order valence-electron chi connectivity index (χ2n) is 44.0. The molecule has 0 aliphatic heterocycles. The summed E-state index contributed by atoms with van der Waals surface area (Å²) in [6, 6.07) is 69.8. The van der Waals surface area contributed by atoms with E-state index >= 15 is 0 Å². The van der Waals surface area contributed by atoms with E-state index in [0.717, 1.165) is 56.0 Å². The minimum Gasteiger partial charge on any atom is -0.201 e. The lowest BCUT2D eigenvalue weighted by Crippen LogP contribution is -2.45. The molecule has 0 saturated carbocycles. The van der Waals surface area contributed by atoms with Gasteiger partial charge >= 0.3 is 0 Å². The summed E-state index contributed by atoms with van der Waals surface area (Å²) in [5.41, 5.74) is 25.1. The Morgan fingerprint density at radius 1 is 0.252 bits per heavy atom. The maximum Gasteiger partial charge on any atom is 0.212 e. The van der Waals surface area contributed by atoms with Gasteiger partial charge in [-0.25, -0.2) is 18.3 Å². The molecular weight excluding hydrogens is 1570 g/mol. The highest BCUT2D eigenvalue weighted by Gasteiger charge is 2.33. The fourth-order valence-corrected chi connectivity index (χ4v) is 24.1. The topological polar surface area (TPSA) is 15.5 Å². The third-order valence-corrected chi connectivity index (χ3v) is 32.6. The van der Waals surface area contributed by atoms with E-state index in [-0.39, 0.29) is 11.1 Å². The van der Waals surface area contributed by atoms with E-state index in [0.29, 0.717) is 11.1 Å². The quantitative estimate of drug-likeness (QED) is 0.0638. The average Bonchev–Trinajstić information content (AvgIpc) is 0.728. The van der Waals surface area contributed by atoms with E-state index in [1.54, 1.807) is 17.4 Å². The minimum absolute atomic E-state index is 0.0586. The Balaban J connectivity index is 0.000000201. The number of hydrogen-bond acceptors (Lipinski definition) is 0. The van der Waals surface area contributed by atoms with Gasteiger partial charge in [-0.15, -0.1) is 0 Å². The summed E-state index contributed by atoms with van der Waals surface area (Å²) in [5.74, 6) is 0. The lowest BCUT2D eigenvalue weighted by atomic mass is 9.81. The number of benzene rings is 8. The Morgan fingerprint density at radius 3 is 0.862 bits per heavy atom. The molecule has 12 aromatic rings. The van der Waals surface area contributed by atoms with Crippen LogP contribution < -0.4 is 44.2 Å². The van der Waals surface area contributed by atoms with Gasteiger partial charge in [0, 0.05) is 83.5 Å². The van der Waals surface area contributed by atoms with Crippen molar-refractivity contribution in [3.8, 4) is 89.5 Å². The van der Waals surface area contributed by atoms with Gasteiger partial charge < -0.3 is 0 Å². The largest absolute Gasteiger partial charge is 0.212 e. The van der Waals surface area contributed by atoms with Crippen molar-refractivity contribution in [3.63, 3.8) is 0 Å². The fraction of sp³-hybridized carbons (Fsp3) is 0.404. The second-order valence-corrected chi connectivity index (χ2v) is 69.3. The van der Waals surface area contributed by atoms with E-state index in [4.69, 9.17) is 12.3 Å². The molecule has 4 nitrogen and oxygen atoms in total. The normalized spacial score (nSPS) is 14.3. The highest BCUT2D eigenvalue weighted by atomic mass is 28.3. The van der Waals surface area contributed by atoms with E-state index < -0.39 is 94.4 Å². The first-order chi connectivity index (χ1) is 61.0. The molecule has 0 unspecified atom stereocenters. The number of pyridine rings is 4. The molecule has 0 aliphatic rings. The Kier molecular flexibility index (Phi) is 25.8. The van der Waals surface area contributed by atoms with Gasteiger partial charge in [0.25, 0.3) is 0 Å². The van der Waals surface area contributed by atoms with Crippen LogP contribution in [0.1, 0.15) is 159 Å². The van der Waals surface area contributed by atoms with E-state index in [1.165, 1.54) is 93.2 Å². The molecule has 0 amide bonds. The van der Waals surface area contributed by atoms with Crippen molar-refractivity contribution < 1.29 is 33.3 Å². The summed E-state index contributed by atoms with van der Waals surface area (Å²) in [6.07, 6.45) is 1.01. The monoisotopic (exact) mass is 1730 g/mol. The maximum absolute atomic E-state index is 9.22. The summed E-state index contributed by atoms with van der Waals surface area (Å²) >= 11 is 0. The Hall–Kier alpha value is -8.56. The molecule has 0 N–H and O–H groups in total. The van der Waals surface area contributed by atoms with Crippen LogP contribution in [0.15, 0.2) is 219 Å². The summed E-state index contributed by atoms with van der Waals surface area (Å²) in [7, 11) is 0.326. The van der Waals surface area contributed by atoms with Gasteiger partial charge in [0.15, 0.2) is 24.8 Å². The second kappa shape index (κ2) is 38.3. The molecular formula is C114H158N4Si5+4. The van der Waals surface area contributed by atoms with Crippen molar-refractivity contribution in [1.29, 1.82) is 0 Å². The first-order valence-corrected chi connectivity index (χ1v) is 61.9. The summed E-state index contributed by atoms with van der Waals surface area (Å²) in [4.78, 5) is 0. The molecule has 0 bridgehead atoms. The van der Waals surface area contributed by atoms with Crippen molar-refractivity contribution in [2.75, 3.05) is 0 Å². The number of nitrogens with zero attached hydrogens (tertiary/aromatic N) is 4. The number of rotatable bonds is 17. The maximum atomic E-state index is 9.22. The molecule has 12 rings (SSSR count). The SMILES string of the molecule is Cc1ccc(-c2cc(-c3ccc([Si](C)(C)C)c[n+]3C)c(C)cc2[Si](C)(C)C)cc1.[2H]C([2H])([2H])c1c[n+](C)c(-c2cc(-c3ccccc3)c([Si](C)(C)C)cc2C)cc1C([2H])([2H])C(C)(C)C.[2H]C([2H])(c1c[n+](C)c(-c2cc(-c3ccccc3)c([Si](C)(C)C)cc2C)cc1C)C(C)(C)C.[2H]C([2H])(c1cc(-c2cc(-c3ccccc3)c([Si](C)(C)C)cc2C)[n+](C)cc1C([2H])([2H])C(C)(C)C)C(C)(C)C. The molecule has 0 atom stereocenters. The van der Waals surface area contributed by atoms with Crippen LogP contribution in [0, 0.1) is 70.1 Å². The van der Waals surface area contributed by atoms with Gasteiger partial charge in [-0.1, -0.05) is 353 Å². The number of aromatic nitrogens is 4. The number of aryl methyl sites for hydroxylation is 11. The summed E-state index contributed by atoms with van der Waals surface area (Å²) < 4.78 is 105.